The maximum atomic E-state index is 4.45. The summed E-state index contributed by atoms with van der Waals surface area (Å²) < 4.78 is 1.03. The van der Waals surface area contributed by atoms with Crippen molar-refractivity contribution in [2.24, 2.45) is 0 Å². The zero-order chi connectivity index (χ0) is 16.9. The maximum absolute atomic E-state index is 4.45. The van der Waals surface area contributed by atoms with Gasteiger partial charge in [0.05, 0.1) is 17.4 Å². The molecule has 3 rings (SSSR count). The molecule has 2 aromatic heterocycles. The maximum Gasteiger partial charge on any atom is 0.126 e. The van der Waals surface area contributed by atoms with E-state index in [1.807, 2.05) is 42.7 Å². The van der Waals surface area contributed by atoms with E-state index in [9.17, 15) is 0 Å². The van der Waals surface area contributed by atoms with E-state index >= 15 is 0 Å². The van der Waals surface area contributed by atoms with Crippen LogP contribution < -0.4 is 10.6 Å². The van der Waals surface area contributed by atoms with Gasteiger partial charge < -0.3 is 15.5 Å². The highest BCUT2D eigenvalue weighted by Crippen LogP contribution is 2.27. The predicted molar refractivity (Wildman–Crippen MR) is 104 cm³/mol. The second-order valence-electron chi connectivity index (χ2n) is 5.81. The monoisotopic (exact) mass is 385 g/mol. The molecule has 0 unspecified atom stereocenters. The fourth-order valence-electron chi connectivity index (χ4n) is 2.36. The lowest BCUT2D eigenvalue weighted by atomic mass is 10.2. The number of hydrogen-bond donors (Lipinski definition) is 2. The van der Waals surface area contributed by atoms with Gasteiger partial charge in [0, 0.05) is 34.8 Å². The Morgan fingerprint density at radius 3 is 2.71 bits per heavy atom. The van der Waals surface area contributed by atoms with Gasteiger partial charge in [0.1, 0.15) is 5.82 Å². The molecule has 0 saturated heterocycles. The van der Waals surface area contributed by atoms with Gasteiger partial charge in [0.2, 0.25) is 0 Å². The van der Waals surface area contributed by atoms with Crippen molar-refractivity contribution in [1.29, 1.82) is 0 Å². The molecule has 6 heteroatoms. The first-order chi connectivity index (χ1) is 11.6. The third-order valence-corrected chi connectivity index (χ3v) is 4.10. The fourth-order valence-corrected chi connectivity index (χ4v) is 2.72. The average Bonchev–Trinajstić information content (AvgIpc) is 2.57. The molecule has 2 N–H and O–H groups in total. The van der Waals surface area contributed by atoms with Crippen molar-refractivity contribution in [3.63, 3.8) is 0 Å². The smallest absolute Gasteiger partial charge is 0.126 e. The Kier molecular flexibility index (Phi) is 5.27. The van der Waals surface area contributed by atoms with Gasteiger partial charge in [-0.2, -0.15) is 0 Å². The van der Waals surface area contributed by atoms with Crippen LogP contribution in [0.4, 0.5) is 17.2 Å². The molecule has 3 aromatic rings. The molecule has 0 aliphatic carbocycles. The molecule has 0 aliphatic heterocycles. The van der Waals surface area contributed by atoms with Crippen LogP contribution in [0.5, 0.6) is 0 Å². The van der Waals surface area contributed by atoms with Gasteiger partial charge in [-0.05, 0) is 50.5 Å². The summed E-state index contributed by atoms with van der Waals surface area (Å²) in [5.74, 6) is 0.879. The van der Waals surface area contributed by atoms with E-state index in [0.717, 1.165) is 45.7 Å². The normalized spacial score (nSPS) is 11.0. The lowest BCUT2D eigenvalue weighted by molar-refractivity contribution is 0.425. The van der Waals surface area contributed by atoms with Crippen molar-refractivity contribution in [2.45, 2.75) is 0 Å². The summed E-state index contributed by atoms with van der Waals surface area (Å²) in [5.41, 5.74) is 2.91. The molecule has 0 amide bonds. The Morgan fingerprint density at radius 1 is 1.08 bits per heavy atom. The number of nitrogens with zero attached hydrogens (tertiary/aromatic N) is 3. The van der Waals surface area contributed by atoms with Gasteiger partial charge in [-0.1, -0.05) is 15.9 Å². The number of hydrogen-bond acceptors (Lipinski definition) is 5. The third kappa shape index (κ3) is 4.21. The largest absolute Gasteiger partial charge is 0.369 e. The molecule has 124 valence electrons. The second-order valence-corrected chi connectivity index (χ2v) is 6.72. The van der Waals surface area contributed by atoms with Crippen molar-refractivity contribution in [3.8, 4) is 0 Å². The van der Waals surface area contributed by atoms with Crippen LogP contribution in [0.3, 0.4) is 0 Å². The molecule has 24 heavy (non-hydrogen) atoms. The van der Waals surface area contributed by atoms with Gasteiger partial charge >= 0.3 is 0 Å². The number of benzene rings is 1. The Balaban J connectivity index is 1.73. The first-order valence-electron chi connectivity index (χ1n) is 7.78. The van der Waals surface area contributed by atoms with E-state index in [1.54, 1.807) is 0 Å². The first-order valence-corrected chi connectivity index (χ1v) is 8.57. The molecular weight excluding hydrogens is 366 g/mol. The number of anilines is 3. The number of aromatic nitrogens is 2. The minimum atomic E-state index is 0.871. The van der Waals surface area contributed by atoms with Crippen molar-refractivity contribution in [1.82, 2.24) is 14.9 Å². The summed E-state index contributed by atoms with van der Waals surface area (Å²) in [7, 11) is 4.11. The van der Waals surface area contributed by atoms with E-state index in [-0.39, 0.29) is 0 Å². The zero-order valence-corrected chi connectivity index (χ0v) is 15.3. The molecule has 0 bridgehead atoms. The molecule has 0 saturated carbocycles. The van der Waals surface area contributed by atoms with Gasteiger partial charge in [0.25, 0.3) is 0 Å². The van der Waals surface area contributed by atoms with Crippen LogP contribution in [0.2, 0.25) is 0 Å². The summed E-state index contributed by atoms with van der Waals surface area (Å²) in [4.78, 5) is 11.0. The fraction of sp³-hybridized carbons (Fsp3) is 0.222. The molecular formula is C18H20BrN5. The van der Waals surface area contributed by atoms with Crippen LogP contribution in [0.25, 0.3) is 10.9 Å². The Labute approximate surface area is 150 Å². The highest BCUT2D eigenvalue weighted by molar-refractivity contribution is 9.10. The van der Waals surface area contributed by atoms with Gasteiger partial charge in [-0.3, -0.25) is 4.98 Å². The summed E-state index contributed by atoms with van der Waals surface area (Å²) in [6, 6.07) is 12.0. The number of nitrogens with one attached hydrogen (secondary N) is 2. The summed E-state index contributed by atoms with van der Waals surface area (Å²) >= 11 is 3.52. The minimum absolute atomic E-state index is 0.871. The topological polar surface area (TPSA) is 53.1 Å². The Bertz CT molecular complexity index is 817. The van der Waals surface area contributed by atoms with E-state index in [4.69, 9.17) is 0 Å². The third-order valence-electron chi connectivity index (χ3n) is 3.61. The second kappa shape index (κ2) is 7.59. The van der Waals surface area contributed by atoms with E-state index < -0.39 is 0 Å². The van der Waals surface area contributed by atoms with E-state index in [1.165, 1.54) is 0 Å². The van der Waals surface area contributed by atoms with Crippen LogP contribution in [0.1, 0.15) is 0 Å². The standard InChI is InChI=1S/C18H20BrN5/c1-24(2)10-9-21-18-6-4-14(12-22-18)23-17-7-8-20-16-5-3-13(19)11-15(16)17/h3-8,11-12H,9-10H2,1-2H3,(H,20,23)(H,21,22). The van der Waals surface area contributed by atoms with Crippen LogP contribution >= 0.6 is 15.9 Å². The number of fused-ring (bicyclic) bond motifs is 1. The van der Waals surface area contributed by atoms with Crippen molar-refractivity contribution in [2.75, 3.05) is 37.8 Å². The number of rotatable bonds is 6. The SMILES string of the molecule is CN(C)CCNc1ccc(Nc2ccnc3ccc(Br)cc23)cn1. The average molecular weight is 386 g/mol. The van der Waals surface area contributed by atoms with Crippen LogP contribution in [-0.4, -0.2) is 42.1 Å². The highest BCUT2D eigenvalue weighted by atomic mass is 79.9. The number of likely N-dealkylation sites (N-methyl/N-ethyl adjacent to an activating group) is 1. The summed E-state index contributed by atoms with van der Waals surface area (Å²) in [6.45, 7) is 1.84. The zero-order valence-electron chi connectivity index (χ0n) is 13.8. The molecule has 1 aromatic carbocycles. The molecule has 5 nitrogen and oxygen atoms in total. The lowest BCUT2D eigenvalue weighted by Crippen LogP contribution is -2.21. The molecule has 0 atom stereocenters. The molecule has 0 aliphatic rings. The Morgan fingerprint density at radius 2 is 1.96 bits per heavy atom. The van der Waals surface area contributed by atoms with E-state index in [2.05, 4.69) is 61.6 Å². The lowest BCUT2D eigenvalue weighted by Gasteiger charge is -2.12. The summed E-state index contributed by atoms with van der Waals surface area (Å²) in [5, 5.41) is 7.79. The Hall–Kier alpha value is -2.18. The quantitative estimate of drug-likeness (QED) is 0.668. The molecule has 0 spiro atoms. The van der Waals surface area contributed by atoms with Crippen molar-refractivity contribution < 1.29 is 0 Å². The molecule has 0 radical (unpaired) electrons. The van der Waals surface area contributed by atoms with Crippen LogP contribution in [0, 0.1) is 0 Å². The van der Waals surface area contributed by atoms with Gasteiger partial charge in [-0.15, -0.1) is 0 Å². The van der Waals surface area contributed by atoms with Gasteiger partial charge in [-0.25, -0.2) is 4.98 Å². The predicted octanol–water partition coefficient (Wildman–Crippen LogP) is 4.11. The van der Waals surface area contributed by atoms with Crippen LogP contribution in [0.15, 0.2) is 53.3 Å². The van der Waals surface area contributed by atoms with E-state index in [0.29, 0.717) is 0 Å². The minimum Gasteiger partial charge on any atom is -0.369 e. The van der Waals surface area contributed by atoms with Crippen molar-refractivity contribution >= 4 is 44.0 Å². The van der Waals surface area contributed by atoms with Crippen molar-refractivity contribution in [3.05, 3.63) is 53.3 Å². The van der Waals surface area contributed by atoms with Gasteiger partial charge in [0.15, 0.2) is 0 Å². The number of halogens is 1. The molecule has 2 heterocycles. The number of pyridine rings is 2. The molecule has 0 fully saturated rings. The summed E-state index contributed by atoms with van der Waals surface area (Å²) in [6.07, 6.45) is 3.64. The highest BCUT2D eigenvalue weighted by Gasteiger charge is 2.04. The van der Waals surface area contributed by atoms with Crippen LogP contribution in [-0.2, 0) is 0 Å². The first kappa shape index (κ1) is 16.7.